The molecule has 9 nitrogen and oxygen atoms in total. The number of non-ortho nitro benzene ring substituents is 1. The number of anilines is 1. The van der Waals surface area contributed by atoms with E-state index in [9.17, 15) is 19.7 Å². The van der Waals surface area contributed by atoms with Crippen LogP contribution < -0.4 is 4.90 Å². The number of hydrogen-bond acceptors (Lipinski definition) is 7. The van der Waals surface area contributed by atoms with E-state index >= 15 is 0 Å². The summed E-state index contributed by atoms with van der Waals surface area (Å²) >= 11 is 0. The molecule has 0 saturated carbocycles. The zero-order valence-electron chi connectivity index (χ0n) is 19.2. The van der Waals surface area contributed by atoms with Crippen LogP contribution in [0.5, 0.6) is 0 Å². The molecule has 2 aromatic carbocycles. The molecule has 3 rings (SSSR count). The monoisotopic (exact) mass is 453 g/mol. The second-order valence-corrected chi connectivity index (χ2v) is 7.66. The first-order chi connectivity index (χ1) is 15.8. The van der Waals surface area contributed by atoms with Crippen molar-refractivity contribution in [1.29, 1.82) is 0 Å². The Morgan fingerprint density at radius 1 is 0.939 bits per heavy atom. The molecule has 1 aliphatic heterocycles. The molecule has 0 N–H and O–H groups in total. The standard InChI is InChI=1S/C24H27N3O6/c1-16-6-5-7-20(17(16)2)26-23(28)21(18-8-10-19(11-9-18)27(30)31)22(24(26)29)25(12-14-32-3)13-15-33-4/h5-11H,12-15H2,1-4H3. The van der Waals surface area contributed by atoms with Gasteiger partial charge in [-0.05, 0) is 48.7 Å². The maximum Gasteiger partial charge on any atom is 0.282 e. The van der Waals surface area contributed by atoms with Crippen LogP contribution in [0.3, 0.4) is 0 Å². The van der Waals surface area contributed by atoms with Crippen molar-refractivity contribution in [2.45, 2.75) is 13.8 Å². The van der Waals surface area contributed by atoms with Gasteiger partial charge in [0.05, 0.1) is 29.4 Å². The molecule has 1 aliphatic rings. The normalized spacial score (nSPS) is 13.8. The zero-order chi connectivity index (χ0) is 24.1. The number of imide groups is 1. The largest absolute Gasteiger partial charge is 0.383 e. The number of amides is 2. The van der Waals surface area contributed by atoms with Gasteiger partial charge in [-0.15, -0.1) is 0 Å². The quantitative estimate of drug-likeness (QED) is 0.309. The minimum atomic E-state index is -0.507. The smallest absolute Gasteiger partial charge is 0.282 e. The van der Waals surface area contributed by atoms with Crippen LogP contribution in [0, 0.1) is 24.0 Å². The zero-order valence-corrected chi connectivity index (χ0v) is 19.2. The van der Waals surface area contributed by atoms with E-state index in [4.69, 9.17) is 9.47 Å². The molecule has 0 aliphatic carbocycles. The molecule has 0 bridgehead atoms. The summed E-state index contributed by atoms with van der Waals surface area (Å²) in [7, 11) is 3.12. The third kappa shape index (κ3) is 4.79. The fourth-order valence-electron chi connectivity index (χ4n) is 3.76. The van der Waals surface area contributed by atoms with Crippen LogP contribution in [-0.4, -0.2) is 62.2 Å². The number of nitro benzene ring substituents is 1. The maximum atomic E-state index is 13.7. The Labute approximate surface area is 192 Å². The summed E-state index contributed by atoms with van der Waals surface area (Å²) < 4.78 is 10.4. The number of methoxy groups -OCH3 is 2. The van der Waals surface area contributed by atoms with Crippen LogP contribution in [0.1, 0.15) is 16.7 Å². The Balaban J connectivity index is 2.17. The van der Waals surface area contributed by atoms with Gasteiger partial charge in [0, 0.05) is 39.4 Å². The van der Waals surface area contributed by atoms with E-state index in [1.54, 1.807) is 31.3 Å². The van der Waals surface area contributed by atoms with Gasteiger partial charge in [-0.25, -0.2) is 4.90 Å². The molecule has 0 aromatic heterocycles. The lowest BCUT2D eigenvalue weighted by Crippen LogP contribution is -2.38. The van der Waals surface area contributed by atoms with Crippen molar-refractivity contribution in [3.63, 3.8) is 0 Å². The molecule has 174 valence electrons. The van der Waals surface area contributed by atoms with E-state index < -0.39 is 16.7 Å². The summed E-state index contributed by atoms with van der Waals surface area (Å²) in [6, 6.07) is 11.1. The molecular formula is C24H27N3O6. The second-order valence-electron chi connectivity index (χ2n) is 7.66. The number of carbonyl (C=O) groups excluding carboxylic acids is 2. The molecule has 0 radical (unpaired) electrons. The summed E-state index contributed by atoms with van der Waals surface area (Å²) in [5.41, 5.74) is 3.05. The highest BCUT2D eigenvalue weighted by Gasteiger charge is 2.43. The number of nitro groups is 1. The Morgan fingerprint density at radius 3 is 2.09 bits per heavy atom. The van der Waals surface area contributed by atoms with Crippen LogP contribution in [0.4, 0.5) is 11.4 Å². The number of ether oxygens (including phenoxy) is 2. The second kappa shape index (κ2) is 10.4. The molecule has 0 fully saturated rings. The molecular weight excluding hydrogens is 426 g/mol. The first-order valence-corrected chi connectivity index (χ1v) is 10.5. The van der Waals surface area contributed by atoms with E-state index in [2.05, 4.69) is 0 Å². The van der Waals surface area contributed by atoms with Gasteiger partial charge in [-0.1, -0.05) is 12.1 Å². The lowest BCUT2D eigenvalue weighted by Gasteiger charge is -2.26. The third-order valence-electron chi connectivity index (χ3n) is 5.69. The van der Waals surface area contributed by atoms with Gasteiger partial charge in [0.25, 0.3) is 17.5 Å². The van der Waals surface area contributed by atoms with E-state index in [0.717, 1.165) is 11.1 Å². The minimum Gasteiger partial charge on any atom is -0.383 e. The first-order valence-electron chi connectivity index (χ1n) is 10.5. The molecule has 0 saturated heterocycles. The number of aryl methyl sites for hydroxylation is 1. The Morgan fingerprint density at radius 2 is 1.55 bits per heavy atom. The van der Waals surface area contributed by atoms with Crippen LogP contribution in [-0.2, 0) is 19.1 Å². The van der Waals surface area contributed by atoms with Crippen molar-refractivity contribution in [3.05, 3.63) is 75.0 Å². The van der Waals surface area contributed by atoms with Gasteiger partial charge in [0.15, 0.2) is 0 Å². The van der Waals surface area contributed by atoms with Crippen molar-refractivity contribution in [3.8, 4) is 0 Å². The summed E-state index contributed by atoms with van der Waals surface area (Å²) in [6.45, 7) is 5.19. The Kier molecular flexibility index (Phi) is 7.57. The molecule has 2 aromatic rings. The average Bonchev–Trinajstić information content (AvgIpc) is 3.06. The third-order valence-corrected chi connectivity index (χ3v) is 5.69. The van der Waals surface area contributed by atoms with Crippen LogP contribution >= 0.6 is 0 Å². The van der Waals surface area contributed by atoms with E-state index in [0.29, 0.717) is 37.6 Å². The van der Waals surface area contributed by atoms with Gasteiger partial charge >= 0.3 is 0 Å². The number of rotatable bonds is 10. The SMILES string of the molecule is COCCN(CCOC)C1=C(c2ccc([N+](=O)[O-])cc2)C(=O)N(c2cccc(C)c2C)C1=O. The molecule has 0 atom stereocenters. The van der Waals surface area contributed by atoms with Crippen molar-refractivity contribution < 1.29 is 24.0 Å². The fraction of sp³-hybridized carbons (Fsp3) is 0.333. The maximum absolute atomic E-state index is 13.7. The lowest BCUT2D eigenvalue weighted by molar-refractivity contribution is -0.384. The van der Waals surface area contributed by atoms with Crippen molar-refractivity contribution in [2.24, 2.45) is 0 Å². The molecule has 33 heavy (non-hydrogen) atoms. The number of nitrogens with zero attached hydrogens (tertiary/aromatic N) is 3. The van der Waals surface area contributed by atoms with Gasteiger partial charge in [-0.2, -0.15) is 0 Å². The van der Waals surface area contributed by atoms with Gasteiger partial charge in [-0.3, -0.25) is 19.7 Å². The summed E-state index contributed by atoms with van der Waals surface area (Å²) in [6.07, 6.45) is 0. The Hall–Kier alpha value is -3.56. The highest BCUT2D eigenvalue weighted by atomic mass is 16.6. The van der Waals surface area contributed by atoms with Crippen molar-refractivity contribution in [2.75, 3.05) is 45.4 Å². The van der Waals surface area contributed by atoms with Crippen LogP contribution in [0.15, 0.2) is 48.2 Å². The predicted molar refractivity (Wildman–Crippen MR) is 124 cm³/mol. The lowest BCUT2D eigenvalue weighted by atomic mass is 10.0. The number of hydrogen-bond donors (Lipinski definition) is 0. The first kappa shape index (κ1) is 24.1. The van der Waals surface area contributed by atoms with Crippen LogP contribution in [0.25, 0.3) is 5.57 Å². The van der Waals surface area contributed by atoms with Crippen LogP contribution in [0.2, 0.25) is 0 Å². The summed E-state index contributed by atoms with van der Waals surface area (Å²) in [5.74, 6) is -0.924. The average molecular weight is 453 g/mol. The van der Waals surface area contributed by atoms with E-state index in [1.165, 1.54) is 29.2 Å². The highest BCUT2D eigenvalue weighted by molar-refractivity contribution is 6.45. The number of carbonyl (C=O) groups is 2. The number of benzene rings is 2. The molecule has 0 unspecified atom stereocenters. The summed E-state index contributed by atoms with van der Waals surface area (Å²) in [5, 5.41) is 11.1. The van der Waals surface area contributed by atoms with Gasteiger partial charge < -0.3 is 14.4 Å². The summed E-state index contributed by atoms with van der Waals surface area (Å²) in [4.78, 5) is 40.9. The molecule has 2 amide bonds. The van der Waals surface area contributed by atoms with Gasteiger partial charge in [0.2, 0.25) is 0 Å². The fourth-order valence-corrected chi connectivity index (χ4v) is 3.76. The molecule has 1 heterocycles. The molecule has 9 heteroatoms. The van der Waals surface area contributed by atoms with Gasteiger partial charge in [0.1, 0.15) is 5.70 Å². The van der Waals surface area contributed by atoms with Crippen molar-refractivity contribution >= 4 is 28.8 Å². The minimum absolute atomic E-state index is 0.0975. The van der Waals surface area contributed by atoms with E-state index in [-0.39, 0.29) is 17.0 Å². The highest BCUT2D eigenvalue weighted by Crippen LogP contribution is 2.37. The predicted octanol–water partition coefficient (Wildman–Crippen LogP) is 3.09. The Bertz CT molecular complexity index is 1090. The topological polar surface area (TPSA) is 102 Å². The molecule has 0 spiro atoms. The van der Waals surface area contributed by atoms with Crippen molar-refractivity contribution in [1.82, 2.24) is 4.90 Å². The van der Waals surface area contributed by atoms with E-state index in [1.807, 2.05) is 19.9 Å².